The molecule has 0 radical (unpaired) electrons. The summed E-state index contributed by atoms with van der Waals surface area (Å²) in [6, 6.07) is 7.95. The fourth-order valence-electron chi connectivity index (χ4n) is 1.33. The number of H-pyrrole nitrogens is 1. The van der Waals surface area contributed by atoms with E-state index in [0.717, 1.165) is 0 Å². The van der Waals surface area contributed by atoms with E-state index in [1.807, 2.05) is 6.07 Å². The number of aromatic nitrogens is 2. The van der Waals surface area contributed by atoms with Crippen molar-refractivity contribution in [2.24, 2.45) is 0 Å². The monoisotopic (exact) mass is 261 g/mol. The van der Waals surface area contributed by atoms with Gasteiger partial charge in [-0.25, -0.2) is 0 Å². The number of hydrogen-bond donors (Lipinski definition) is 3. The van der Waals surface area contributed by atoms with Crippen LogP contribution in [0.25, 0.3) is 0 Å². The Labute approximate surface area is 107 Å². The van der Waals surface area contributed by atoms with Crippen LogP contribution in [0.2, 0.25) is 5.02 Å². The normalized spacial score (nSPS) is 9.78. The standard InChI is InChI=1S/C11H8ClN5O/c12-7-2-1-6(5-13)3-8(7)15-11(18)9-4-10(14)17-16-9/h1-4H,(H,15,18)(H3,14,16,17). The molecule has 1 amide bonds. The van der Waals surface area contributed by atoms with Crippen molar-refractivity contribution in [3.8, 4) is 6.07 Å². The van der Waals surface area contributed by atoms with Gasteiger partial charge in [-0.05, 0) is 18.2 Å². The molecule has 18 heavy (non-hydrogen) atoms. The zero-order valence-electron chi connectivity index (χ0n) is 9.07. The summed E-state index contributed by atoms with van der Waals surface area (Å²) < 4.78 is 0. The fourth-order valence-corrected chi connectivity index (χ4v) is 1.50. The first-order valence-corrected chi connectivity index (χ1v) is 5.30. The van der Waals surface area contributed by atoms with E-state index in [4.69, 9.17) is 22.6 Å². The first kappa shape index (κ1) is 12.0. The molecule has 2 rings (SSSR count). The minimum absolute atomic E-state index is 0.214. The number of halogens is 1. The van der Waals surface area contributed by atoms with Crippen molar-refractivity contribution < 1.29 is 4.79 Å². The molecule has 0 aliphatic carbocycles. The van der Waals surface area contributed by atoms with Gasteiger partial charge >= 0.3 is 0 Å². The fraction of sp³-hybridized carbons (Fsp3) is 0. The van der Waals surface area contributed by atoms with Gasteiger partial charge in [-0.3, -0.25) is 9.89 Å². The smallest absolute Gasteiger partial charge is 0.273 e. The molecule has 0 spiro atoms. The number of nitrogens with one attached hydrogen (secondary N) is 2. The number of carbonyl (C=O) groups excluding carboxylic acids is 1. The number of aromatic amines is 1. The van der Waals surface area contributed by atoms with Gasteiger partial charge in [0.25, 0.3) is 5.91 Å². The molecule has 90 valence electrons. The molecule has 0 aliphatic rings. The number of hydrogen-bond acceptors (Lipinski definition) is 4. The SMILES string of the molecule is N#Cc1ccc(Cl)c(NC(=O)c2cc(N)n[nH]2)c1. The molecular weight excluding hydrogens is 254 g/mol. The van der Waals surface area contributed by atoms with Crippen LogP contribution in [0.4, 0.5) is 11.5 Å². The molecule has 1 aromatic heterocycles. The zero-order valence-corrected chi connectivity index (χ0v) is 9.82. The van der Waals surface area contributed by atoms with E-state index in [1.165, 1.54) is 18.2 Å². The molecule has 4 N–H and O–H groups in total. The summed E-state index contributed by atoms with van der Waals surface area (Å²) in [5.74, 6) is -0.215. The Hall–Kier alpha value is -2.52. The quantitative estimate of drug-likeness (QED) is 0.765. The lowest BCUT2D eigenvalue weighted by Crippen LogP contribution is -2.12. The number of nitriles is 1. The van der Waals surface area contributed by atoms with E-state index in [2.05, 4.69) is 15.5 Å². The third-order valence-electron chi connectivity index (χ3n) is 2.19. The summed E-state index contributed by atoms with van der Waals surface area (Å²) in [5.41, 5.74) is 6.36. The number of anilines is 2. The van der Waals surface area contributed by atoms with Crippen LogP contribution < -0.4 is 11.1 Å². The highest BCUT2D eigenvalue weighted by Gasteiger charge is 2.11. The highest BCUT2D eigenvalue weighted by atomic mass is 35.5. The first-order chi connectivity index (χ1) is 8.60. The molecule has 2 aromatic rings. The summed E-state index contributed by atoms with van der Waals surface area (Å²) in [6.07, 6.45) is 0. The van der Waals surface area contributed by atoms with E-state index in [1.54, 1.807) is 6.07 Å². The summed E-state index contributed by atoms with van der Waals surface area (Å²) in [6.45, 7) is 0. The van der Waals surface area contributed by atoms with Crippen molar-refractivity contribution in [3.63, 3.8) is 0 Å². The molecule has 0 fully saturated rings. The first-order valence-electron chi connectivity index (χ1n) is 4.92. The Morgan fingerprint density at radius 1 is 1.50 bits per heavy atom. The van der Waals surface area contributed by atoms with Gasteiger partial charge in [0.1, 0.15) is 11.5 Å². The van der Waals surface area contributed by atoms with Gasteiger partial charge < -0.3 is 11.1 Å². The molecule has 0 saturated carbocycles. The van der Waals surface area contributed by atoms with Crippen molar-refractivity contribution in [1.29, 1.82) is 5.26 Å². The Kier molecular flexibility index (Phi) is 3.17. The second-order valence-corrected chi connectivity index (χ2v) is 3.87. The molecule has 0 bridgehead atoms. The van der Waals surface area contributed by atoms with Crippen LogP contribution in [0.5, 0.6) is 0 Å². The Bertz CT molecular complexity index is 643. The lowest BCUT2D eigenvalue weighted by atomic mass is 10.2. The number of nitrogen functional groups attached to an aromatic ring is 1. The van der Waals surface area contributed by atoms with Crippen molar-refractivity contribution >= 4 is 29.0 Å². The van der Waals surface area contributed by atoms with E-state index >= 15 is 0 Å². The minimum Gasteiger partial charge on any atom is -0.382 e. The third-order valence-corrected chi connectivity index (χ3v) is 2.52. The zero-order chi connectivity index (χ0) is 13.1. The number of nitrogens with zero attached hydrogens (tertiary/aromatic N) is 2. The van der Waals surface area contributed by atoms with Gasteiger partial charge in [-0.1, -0.05) is 11.6 Å². The average Bonchev–Trinajstić information content (AvgIpc) is 2.79. The van der Waals surface area contributed by atoms with Gasteiger partial charge in [0.2, 0.25) is 0 Å². The van der Waals surface area contributed by atoms with Crippen molar-refractivity contribution in [1.82, 2.24) is 10.2 Å². The van der Waals surface area contributed by atoms with Gasteiger partial charge in [0, 0.05) is 6.07 Å². The maximum absolute atomic E-state index is 11.8. The predicted molar refractivity (Wildman–Crippen MR) is 67.1 cm³/mol. The molecule has 0 aliphatic heterocycles. The molecular formula is C11H8ClN5O. The van der Waals surface area contributed by atoms with Crippen LogP contribution in [-0.2, 0) is 0 Å². The number of nitrogens with two attached hydrogens (primary N) is 1. The van der Waals surface area contributed by atoms with E-state index in [-0.39, 0.29) is 11.5 Å². The molecule has 1 heterocycles. The van der Waals surface area contributed by atoms with E-state index in [9.17, 15) is 4.79 Å². The average molecular weight is 262 g/mol. The van der Waals surface area contributed by atoms with Gasteiger partial charge in [0.15, 0.2) is 0 Å². The van der Waals surface area contributed by atoms with Crippen LogP contribution in [0, 0.1) is 11.3 Å². The molecule has 0 atom stereocenters. The maximum atomic E-state index is 11.8. The number of benzene rings is 1. The largest absolute Gasteiger partial charge is 0.382 e. The van der Waals surface area contributed by atoms with Crippen LogP contribution in [0.15, 0.2) is 24.3 Å². The van der Waals surface area contributed by atoms with Crippen LogP contribution >= 0.6 is 11.6 Å². The van der Waals surface area contributed by atoms with Crippen molar-refractivity contribution in [3.05, 3.63) is 40.5 Å². The van der Waals surface area contributed by atoms with E-state index in [0.29, 0.717) is 16.3 Å². The van der Waals surface area contributed by atoms with Gasteiger partial charge in [0.05, 0.1) is 22.3 Å². The molecule has 1 aromatic carbocycles. The molecule has 6 nitrogen and oxygen atoms in total. The maximum Gasteiger partial charge on any atom is 0.273 e. The van der Waals surface area contributed by atoms with E-state index < -0.39 is 5.91 Å². The van der Waals surface area contributed by atoms with Crippen LogP contribution in [0.1, 0.15) is 16.1 Å². The van der Waals surface area contributed by atoms with Crippen molar-refractivity contribution in [2.45, 2.75) is 0 Å². The highest BCUT2D eigenvalue weighted by Crippen LogP contribution is 2.23. The second-order valence-electron chi connectivity index (χ2n) is 3.47. The molecule has 0 unspecified atom stereocenters. The lowest BCUT2D eigenvalue weighted by molar-refractivity contribution is 0.102. The topological polar surface area (TPSA) is 108 Å². The van der Waals surface area contributed by atoms with Crippen LogP contribution in [-0.4, -0.2) is 16.1 Å². The second kappa shape index (κ2) is 4.77. The summed E-state index contributed by atoms with van der Waals surface area (Å²) in [5, 5.41) is 17.8. The Morgan fingerprint density at radius 2 is 2.28 bits per heavy atom. The molecule has 7 heteroatoms. The Balaban J connectivity index is 2.24. The van der Waals surface area contributed by atoms with Crippen LogP contribution in [0.3, 0.4) is 0 Å². The summed E-state index contributed by atoms with van der Waals surface area (Å²) in [7, 11) is 0. The van der Waals surface area contributed by atoms with Crippen molar-refractivity contribution in [2.75, 3.05) is 11.1 Å². The third kappa shape index (κ3) is 2.42. The molecule has 0 saturated heterocycles. The van der Waals surface area contributed by atoms with Gasteiger partial charge in [-0.2, -0.15) is 10.4 Å². The van der Waals surface area contributed by atoms with Gasteiger partial charge in [-0.15, -0.1) is 0 Å². The summed E-state index contributed by atoms with van der Waals surface area (Å²) >= 11 is 5.92. The summed E-state index contributed by atoms with van der Waals surface area (Å²) in [4.78, 5) is 11.8. The lowest BCUT2D eigenvalue weighted by Gasteiger charge is -2.05. The number of rotatable bonds is 2. The Morgan fingerprint density at radius 3 is 2.89 bits per heavy atom. The number of carbonyl (C=O) groups is 1. The highest BCUT2D eigenvalue weighted by molar-refractivity contribution is 6.34. The minimum atomic E-state index is -0.434. The number of amides is 1. The predicted octanol–water partition coefficient (Wildman–Crippen LogP) is 1.77.